The van der Waals surface area contributed by atoms with Gasteiger partial charge in [-0.25, -0.2) is 0 Å². The van der Waals surface area contributed by atoms with E-state index < -0.39 is 0 Å². The molecule has 2 unspecified atom stereocenters. The van der Waals surface area contributed by atoms with Crippen LogP contribution in [0.4, 0.5) is 0 Å². The van der Waals surface area contributed by atoms with E-state index >= 15 is 0 Å². The van der Waals surface area contributed by atoms with Crippen LogP contribution in [-0.2, 0) is 0 Å². The van der Waals surface area contributed by atoms with Crippen molar-refractivity contribution in [2.24, 2.45) is 5.92 Å². The first-order chi connectivity index (χ1) is 8.36. The van der Waals surface area contributed by atoms with Gasteiger partial charge in [-0.15, -0.1) is 0 Å². The van der Waals surface area contributed by atoms with Gasteiger partial charge in [0, 0.05) is 35.1 Å². The van der Waals surface area contributed by atoms with Crippen LogP contribution in [0.2, 0.25) is 0 Å². The number of aliphatic hydroxyl groups excluding tert-OH is 1. The quantitative estimate of drug-likeness (QED) is 0.740. The fraction of sp³-hybridized carbons (Fsp3) is 0.429. The smallest absolute Gasteiger partial charge is 0.0850 e. The van der Waals surface area contributed by atoms with Crippen molar-refractivity contribution in [1.82, 2.24) is 10.3 Å². The highest BCUT2D eigenvalue weighted by atomic mass is 16.3. The molecule has 1 aliphatic heterocycles. The monoisotopic (exact) mass is 230 g/mol. The van der Waals surface area contributed by atoms with Gasteiger partial charge in [-0.3, -0.25) is 0 Å². The van der Waals surface area contributed by atoms with Crippen LogP contribution in [0.3, 0.4) is 0 Å². The minimum atomic E-state index is -0.362. The van der Waals surface area contributed by atoms with Crippen molar-refractivity contribution in [3.8, 4) is 0 Å². The molecule has 1 saturated heterocycles. The lowest BCUT2D eigenvalue weighted by molar-refractivity contribution is 0.0934. The molecule has 2 aromatic rings. The molecule has 0 bridgehead atoms. The number of para-hydroxylation sites is 1. The van der Waals surface area contributed by atoms with Gasteiger partial charge in [0.1, 0.15) is 0 Å². The summed E-state index contributed by atoms with van der Waals surface area (Å²) in [6.07, 6.45) is 3.85. The van der Waals surface area contributed by atoms with E-state index in [-0.39, 0.29) is 6.10 Å². The van der Waals surface area contributed by atoms with Gasteiger partial charge in [0.2, 0.25) is 0 Å². The lowest BCUT2D eigenvalue weighted by atomic mass is 9.89. The third-order valence-electron chi connectivity index (χ3n) is 3.72. The lowest BCUT2D eigenvalue weighted by Gasteiger charge is -2.27. The van der Waals surface area contributed by atoms with Crippen molar-refractivity contribution in [3.05, 3.63) is 36.0 Å². The SMILES string of the molecule is OC(c1c[nH]c2ccccc12)C1CCCNC1. The predicted octanol–water partition coefficient (Wildman–Crippen LogP) is 2.20. The van der Waals surface area contributed by atoms with Crippen LogP contribution < -0.4 is 5.32 Å². The van der Waals surface area contributed by atoms with Gasteiger partial charge in [0.25, 0.3) is 0 Å². The minimum absolute atomic E-state index is 0.336. The second-order valence-electron chi connectivity index (χ2n) is 4.84. The Hall–Kier alpha value is -1.32. The van der Waals surface area contributed by atoms with Crippen LogP contribution in [0.25, 0.3) is 10.9 Å². The maximum Gasteiger partial charge on any atom is 0.0850 e. The topological polar surface area (TPSA) is 48.0 Å². The molecule has 3 heteroatoms. The zero-order valence-electron chi connectivity index (χ0n) is 9.82. The second kappa shape index (κ2) is 4.51. The Kier molecular flexibility index (Phi) is 2.87. The third kappa shape index (κ3) is 1.96. The number of piperidine rings is 1. The number of rotatable bonds is 2. The van der Waals surface area contributed by atoms with Crippen molar-refractivity contribution in [2.75, 3.05) is 13.1 Å². The van der Waals surface area contributed by atoms with Crippen molar-refractivity contribution in [3.63, 3.8) is 0 Å². The maximum absolute atomic E-state index is 10.5. The summed E-state index contributed by atoms with van der Waals surface area (Å²) >= 11 is 0. The summed E-state index contributed by atoms with van der Waals surface area (Å²) in [6, 6.07) is 8.15. The summed E-state index contributed by atoms with van der Waals surface area (Å²) < 4.78 is 0. The Morgan fingerprint density at radius 3 is 3.00 bits per heavy atom. The molecule has 0 amide bonds. The summed E-state index contributed by atoms with van der Waals surface area (Å²) in [5.41, 5.74) is 2.14. The first-order valence-electron chi connectivity index (χ1n) is 6.31. The fourth-order valence-electron chi connectivity index (χ4n) is 2.74. The normalized spacial score (nSPS) is 22.8. The number of H-pyrrole nitrogens is 1. The van der Waals surface area contributed by atoms with Crippen LogP contribution in [-0.4, -0.2) is 23.2 Å². The van der Waals surface area contributed by atoms with Crippen molar-refractivity contribution < 1.29 is 5.11 Å². The predicted molar refractivity (Wildman–Crippen MR) is 68.9 cm³/mol. The van der Waals surface area contributed by atoms with Crippen LogP contribution in [0.1, 0.15) is 24.5 Å². The van der Waals surface area contributed by atoms with Crippen molar-refractivity contribution in [2.45, 2.75) is 18.9 Å². The average molecular weight is 230 g/mol. The van der Waals surface area contributed by atoms with Gasteiger partial charge in [-0.05, 0) is 25.5 Å². The van der Waals surface area contributed by atoms with Gasteiger partial charge in [0.15, 0.2) is 0 Å². The maximum atomic E-state index is 10.5. The Labute approximate surface area is 101 Å². The molecule has 90 valence electrons. The number of fused-ring (bicyclic) bond motifs is 1. The van der Waals surface area contributed by atoms with Crippen LogP contribution in [0.15, 0.2) is 30.5 Å². The molecule has 1 aromatic heterocycles. The molecular formula is C14H18N2O. The Balaban J connectivity index is 1.92. The first kappa shape index (κ1) is 10.8. The molecule has 0 spiro atoms. The average Bonchev–Trinajstić information content (AvgIpc) is 2.83. The van der Waals surface area contributed by atoms with Gasteiger partial charge in [0.05, 0.1) is 6.10 Å². The first-order valence-corrected chi connectivity index (χ1v) is 6.31. The third-order valence-corrected chi connectivity index (χ3v) is 3.72. The van der Waals surface area contributed by atoms with Gasteiger partial charge in [-0.1, -0.05) is 18.2 Å². The van der Waals surface area contributed by atoms with Gasteiger partial charge >= 0.3 is 0 Å². The highest BCUT2D eigenvalue weighted by Crippen LogP contribution is 2.31. The molecular weight excluding hydrogens is 212 g/mol. The summed E-state index contributed by atoms with van der Waals surface area (Å²) in [5.74, 6) is 0.336. The zero-order valence-corrected chi connectivity index (χ0v) is 9.82. The van der Waals surface area contributed by atoms with E-state index in [1.54, 1.807) is 0 Å². The number of aromatic nitrogens is 1. The Bertz CT molecular complexity index is 500. The Morgan fingerprint density at radius 1 is 1.29 bits per heavy atom. The standard InChI is InChI=1S/C14H18N2O/c17-14(10-4-3-7-15-8-10)12-9-16-13-6-2-1-5-11(12)13/h1-2,5-6,9-10,14-17H,3-4,7-8H2. The molecule has 1 aromatic carbocycles. The second-order valence-corrected chi connectivity index (χ2v) is 4.84. The Morgan fingerprint density at radius 2 is 2.18 bits per heavy atom. The fourth-order valence-corrected chi connectivity index (χ4v) is 2.74. The highest BCUT2D eigenvalue weighted by molar-refractivity contribution is 5.83. The molecule has 0 aliphatic carbocycles. The molecule has 1 aliphatic rings. The van der Waals surface area contributed by atoms with Crippen LogP contribution in [0, 0.1) is 5.92 Å². The molecule has 0 radical (unpaired) electrons. The summed E-state index contributed by atoms with van der Waals surface area (Å²) in [7, 11) is 0. The molecule has 0 saturated carbocycles. The molecule has 2 atom stereocenters. The van der Waals surface area contributed by atoms with Crippen molar-refractivity contribution >= 4 is 10.9 Å². The van der Waals surface area contributed by atoms with Gasteiger partial charge < -0.3 is 15.4 Å². The molecule has 17 heavy (non-hydrogen) atoms. The molecule has 1 fully saturated rings. The van der Waals surface area contributed by atoms with Crippen LogP contribution in [0.5, 0.6) is 0 Å². The number of benzene rings is 1. The number of aliphatic hydroxyl groups is 1. The van der Waals surface area contributed by atoms with E-state index in [2.05, 4.69) is 16.4 Å². The van der Waals surface area contributed by atoms with E-state index in [0.717, 1.165) is 42.4 Å². The molecule has 2 heterocycles. The zero-order chi connectivity index (χ0) is 11.7. The number of hydrogen-bond acceptors (Lipinski definition) is 2. The van der Waals surface area contributed by atoms with E-state index in [0.29, 0.717) is 5.92 Å². The lowest BCUT2D eigenvalue weighted by Crippen LogP contribution is -2.33. The van der Waals surface area contributed by atoms with Crippen molar-refractivity contribution in [1.29, 1.82) is 0 Å². The largest absolute Gasteiger partial charge is 0.388 e. The molecule has 3 nitrogen and oxygen atoms in total. The summed E-state index contributed by atoms with van der Waals surface area (Å²) in [6.45, 7) is 2.00. The van der Waals surface area contributed by atoms with Gasteiger partial charge in [-0.2, -0.15) is 0 Å². The summed E-state index contributed by atoms with van der Waals surface area (Å²) in [5, 5.41) is 15.0. The number of aromatic amines is 1. The summed E-state index contributed by atoms with van der Waals surface area (Å²) in [4.78, 5) is 3.23. The van der Waals surface area contributed by atoms with E-state index in [1.165, 1.54) is 0 Å². The number of hydrogen-bond donors (Lipinski definition) is 3. The van der Waals surface area contributed by atoms with E-state index in [4.69, 9.17) is 0 Å². The number of nitrogens with one attached hydrogen (secondary N) is 2. The molecule has 3 N–H and O–H groups in total. The van der Waals surface area contributed by atoms with Crippen LogP contribution >= 0.6 is 0 Å². The van der Waals surface area contributed by atoms with E-state index in [1.807, 2.05) is 24.4 Å². The van der Waals surface area contributed by atoms with E-state index in [9.17, 15) is 5.11 Å². The highest BCUT2D eigenvalue weighted by Gasteiger charge is 2.24. The molecule has 3 rings (SSSR count). The minimum Gasteiger partial charge on any atom is -0.388 e.